The molecule has 0 saturated carbocycles. The van der Waals surface area contributed by atoms with Gasteiger partial charge in [-0.15, -0.1) is 34.0 Å². The Balaban J connectivity index is 1.94. The monoisotopic (exact) mass is 439 g/mol. The van der Waals surface area contributed by atoms with Gasteiger partial charge < -0.3 is 0 Å². The van der Waals surface area contributed by atoms with Crippen molar-refractivity contribution in [1.29, 1.82) is 26.3 Å². The molecule has 0 aromatic carbocycles. The van der Waals surface area contributed by atoms with Crippen LogP contribution in [0.3, 0.4) is 0 Å². The highest BCUT2D eigenvalue weighted by Crippen LogP contribution is 2.42. The van der Waals surface area contributed by atoms with Gasteiger partial charge in [0.1, 0.15) is 29.8 Å². The molecule has 8 heteroatoms. The third-order valence-electron chi connectivity index (χ3n) is 4.04. The van der Waals surface area contributed by atoms with Crippen LogP contribution in [0.25, 0.3) is 30.7 Å². The quantitative estimate of drug-likeness (QED) is 0.439. The number of allylic oxidation sites excluding steroid dienone is 4. The van der Waals surface area contributed by atoms with Crippen molar-refractivity contribution in [3.8, 4) is 49.9 Å². The summed E-state index contributed by atoms with van der Waals surface area (Å²) in [5, 5.41) is 45.8. The van der Waals surface area contributed by atoms with E-state index in [-0.39, 0.29) is 11.1 Å². The van der Waals surface area contributed by atoms with Crippen LogP contribution in [0.5, 0.6) is 0 Å². The smallest absolute Gasteiger partial charge is 0.148 e. The molecular weight excluding hydrogens is 430 g/mol. The standard InChI is InChI=1S/C22H9N5S3/c1-13(8-23)15(11-26)17-2-4-19(28-17)21-6-7-22(30-21)20-5-3-18(29-20)16(12-27)14(9-24)10-25/h2-7H,1H3/b15-13-. The van der Waals surface area contributed by atoms with Gasteiger partial charge in [-0.05, 0) is 43.3 Å². The van der Waals surface area contributed by atoms with E-state index in [1.807, 2.05) is 42.5 Å². The molecule has 30 heavy (non-hydrogen) atoms. The van der Waals surface area contributed by atoms with Crippen molar-refractivity contribution in [3.63, 3.8) is 0 Å². The van der Waals surface area contributed by atoms with E-state index in [1.165, 1.54) is 22.7 Å². The van der Waals surface area contributed by atoms with Crippen molar-refractivity contribution in [3.05, 3.63) is 57.3 Å². The SMILES string of the molecule is C/C(C#N)=C(\C#N)c1ccc(-c2ccc(-c3ccc(C(C#N)=C(C#N)C#N)s3)s2)s1. The first kappa shape index (κ1) is 20.8. The van der Waals surface area contributed by atoms with Crippen LogP contribution in [-0.2, 0) is 0 Å². The average Bonchev–Trinajstić information content (AvgIpc) is 3.52. The lowest BCUT2D eigenvalue weighted by molar-refractivity contribution is 1.44. The summed E-state index contributed by atoms with van der Waals surface area (Å²) in [6.45, 7) is 1.63. The summed E-state index contributed by atoms with van der Waals surface area (Å²) in [6, 6.07) is 20.9. The largest absolute Gasteiger partial charge is 0.193 e. The van der Waals surface area contributed by atoms with Crippen LogP contribution in [0.1, 0.15) is 16.7 Å². The van der Waals surface area contributed by atoms with Gasteiger partial charge in [-0.3, -0.25) is 0 Å². The molecule has 3 aromatic heterocycles. The fourth-order valence-electron chi connectivity index (χ4n) is 2.56. The minimum absolute atomic E-state index is 0.0830. The first-order chi connectivity index (χ1) is 14.6. The van der Waals surface area contributed by atoms with Crippen LogP contribution in [-0.4, -0.2) is 0 Å². The summed E-state index contributed by atoms with van der Waals surface area (Å²) in [5.41, 5.74) is 0.659. The van der Waals surface area contributed by atoms with Crippen LogP contribution in [0.2, 0.25) is 0 Å². The summed E-state index contributed by atoms with van der Waals surface area (Å²) in [4.78, 5) is 5.27. The van der Waals surface area contributed by atoms with Crippen LogP contribution < -0.4 is 0 Å². The summed E-state index contributed by atoms with van der Waals surface area (Å²) in [5.74, 6) is 0. The van der Waals surface area contributed by atoms with E-state index in [1.54, 1.807) is 36.5 Å². The second-order valence-corrected chi connectivity index (χ2v) is 9.05. The number of nitriles is 5. The van der Waals surface area contributed by atoms with Crippen molar-refractivity contribution in [2.75, 3.05) is 0 Å². The van der Waals surface area contributed by atoms with E-state index in [2.05, 4.69) is 6.07 Å². The molecule has 0 fully saturated rings. The van der Waals surface area contributed by atoms with E-state index in [9.17, 15) is 10.5 Å². The highest BCUT2D eigenvalue weighted by atomic mass is 32.1. The lowest BCUT2D eigenvalue weighted by Crippen LogP contribution is -1.81. The van der Waals surface area contributed by atoms with Gasteiger partial charge in [-0.2, -0.15) is 26.3 Å². The van der Waals surface area contributed by atoms with E-state index in [0.717, 1.165) is 24.4 Å². The Kier molecular flexibility index (Phi) is 6.24. The summed E-state index contributed by atoms with van der Waals surface area (Å²) in [7, 11) is 0. The molecule has 3 rings (SSSR count). The lowest BCUT2D eigenvalue weighted by Gasteiger charge is -1.94. The summed E-state index contributed by atoms with van der Waals surface area (Å²) < 4.78 is 0. The van der Waals surface area contributed by atoms with Crippen molar-refractivity contribution in [1.82, 2.24) is 0 Å². The van der Waals surface area contributed by atoms with Crippen LogP contribution >= 0.6 is 34.0 Å². The van der Waals surface area contributed by atoms with Gasteiger partial charge in [0.15, 0.2) is 0 Å². The third-order valence-corrected chi connectivity index (χ3v) is 7.72. The highest BCUT2D eigenvalue weighted by molar-refractivity contribution is 7.27. The Morgan fingerprint density at radius 1 is 0.567 bits per heavy atom. The lowest BCUT2D eigenvalue weighted by atomic mass is 10.1. The molecular formula is C22H9N5S3. The molecule has 0 N–H and O–H groups in total. The first-order valence-electron chi connectivity index (χ1n) is 8.32. The molecule has 5 nitrogen and oxygen atoms in total. The fraction of sp³-hybridized carbons (Fsp3) is 0.0455. The molecule has 0 amide bonds. The Hall–Kier alpha value is -3.97. The van der Waals surface area contributed by atoms with Crippen molar-refractivity contribution >= 4 is 45.2 Å². The number of nitrogens with zero attached hydrogens (tertiary/aromatic N) is 5. The summed E-state index contributed by atoms with van der Waals surface area (Å²) in [6.07, 6.45) is 0. The number of thiophene rings is 3. The topological polar surface area (TPSA) is 119 Å². The zero-order chi connectivity index (χ0) is 21.7. The Bertz CT molecular complexity index is 1390. The van der Waals surface area contributed by atoms with Gasteiger partial charge in [0.25, 0.3) is 0 Å². The van der Waals surface area contributed by atoms with Gasteiger partial charge in [0.2, 0.25) is 0 Å². The van der Waals surface area contributed by atoms with Crippen molar-refractivity contribution < 1.29 is 0 Å². The van der Waals surface area contributed by atoms with Crippen molar-refractivity contribution in [2.45, 2.75) is 6.92 Å². The molecule has 140 valence electrons. The molecule has 0 radical (unpaired) electrons. The van der Waals surface area contributed by atoms with Gasteiger partial charge in [0, 0.05) is 34.8 Å². The zero-order valence-corrected chi connectivity index (χ0v) is 17.9. The maximum atomic E-state index is 9.34. The molecule has 0 bridgehead atoms. The molecule has 0 saturated heterocycles. The maximum Gasteiger partial charge on any atom is 0.148 e. The molecule has 0 spiro atoms. The molecule has 3 heterocycles. The molecule has 0 aliphatic carbocycles. The van der Waals surface area contributed by atoms with Gasteiger partial charge in [-0.25, -0.2) is 0 Å². The second-order valence-electron chi connectivity index (χ2n) is 5.80. The van der Waals surface area contributed by atoms with E-state index >= 15 is 0 Å². The molecule has 0 unspecified atom stereocenters. The van der Waals surface area contributed by atoms with E-state index in [0.29, 0.717) is 16.0 Å². The minimum atomic E-state index is -0.196. The van der Waals surface area contributed by atoms with E-state index < -0.39 is 0 Å². The van der Waals surface area contributed by atoms with Gasteiger partial charge in [0.05, 0.1) is 17.2 Å². The fourth-order valence-corrected chi connectivity index (χ4v) is 5.82. The van der Waals surface area contributed by atoms with Gasteiger partial charge in [-0.1, -0.05) is 0 Å². The normalized spacial score (nSPS) is 10.5. The predicted octanol–water partition coefficient (Wildman–Crippen LogP) is 6.35. The Morgan fingerprint density at radius 2 is 1.00 bits per heavy atom. The Morgan fingerprint density at radius 3 is 1.43 bits per heavy atom. The molecule has 3 aromatic rings. The number of hydrogen-bond donors (Lipinski definition) is 0. The van der Waals surface area contributed by atoms with Crippen molar-refractivity contribution in [2.24, 2.45) is 0 Å². The molecule has 0 aliphatic rings. The maximum absolute atomic E-state index is 9.34. The van der Waals surface area contributed by atoms with Crippen LogP contribution in [0.4, 0.5) is 0 Å². The third kappa shape index (κ3) is 3.92. The zero-order valence-electron chi connectivity index (χ0n) is 15.4. The minimum Gasteiger partial charge on any atom is -0.193 e. The predicted molar refractivity (Wildman–Crippen MR) is 119 cm³/mol. The molecule has 0 aliphatic heterocycles. The average molecular weight is 440 g/mol. The summed E-state index contributed by atoms with van der Waals surface area (Å²) >= 11 is 4.37. The van der Waals surface area contributed by atoms with E-state index in [4.69, 9.17) is 15.8 Å². The highest BCUT2D eigenvalue weighted by Gasteiger charge is 2.15. The number of rotatable bonds is 4. The van der Waals surface area contributed by atoms with Gasteiger partial charge >= 0.3 is 0 Å². The molecule has 0 atom stereocenters. The second kappa shape index (κ2) is 9.02. The number of hydrogen-bond acceptors (Lipinski definition) is 8. The van der Waals surface area contributed by atoms with Crippen LogP contribution in [0.15, 0.2) is 47.5 Å². The first-order valence-corrected chi connectivity index (χ1v) is 10.8. The Labute approximate surface area is 185 Å². The van der Waals surface area contributed by atoms with Crippen LogP contribution in [0, 0.1) is 56.7 Å².